The summed E-state index contributed by atoms with van der Waals surface area (Å²) in [5, 5.41) is 1.02. The van der Waals surface area contributed by atoms with Gasteiger partial charge in [-0.05, 0) is 49.9 Å². The van der Waals surface area contributed by atoms with Crippen molar-refractivity contribution in [3.8, 4) is 0 Å². The second kappa shape index (κ2) is 4.61. The first-order chi connectivity index (χ1) is 7.45. The second-order valence-electron chi connectivity index (χ2n) is 6.77. The predicted octanol–water partition coefficient (Wildman–Crippen LogP) is 4.54. The van der Waals surface area contributed by atoms with Gasteiger partial charge in [-0.15, -0.1) is 0 Å². The van der Waals surface area contributed by atoms with E-state index < -0.39 is 0 Å². The maximum atomic E-state index is 6.25. The molecule has 2 fully saturated rings. The van der Waals surface area contributed by atoms with Crippen LogP contribution in [0.2, 0.25) is 0 Å². The first-order valence-corrected chi connectivity index (χ1v) is 7.81. The van der Waals surface area contributed by atoms with Gasteiger partial charge in [0.15, 0.2) is 0 Å². The van der Waals surface area contributed by atoms with Gasteiger partial charge in [0.25, 0.3) is 0 Å². The van der Waals surface area contributed by atoms with E-state index in [1.807, 2.05) is 0 Å². The van der Waals surface area contributed by atoms with Gasteiger partial charge in [-0.25, -0.2) is 0 Å². The first kappa shape index (κ1) is 12.9. The Kier molecular flexibility index (Phi) is 3.71. The molecule has 2 heteroatoms. The fourth-order valence-electron chi connectivity index (χ4n) is 2.83. The largest absolute Gasteiger partial charge is 0.371 e. The van der Waals surface area contributed by atoms with Crippen molar-refractivity contribution in [1.82, 2.24) is 0 Å². The lowest BCUT2D eigenvalue weighted by molar-refractivity contribution is -0.0782. The minimum absolute atomic E-state index is 0.170. The molecule has 0 unspecified atom stereocenters. The highest BCUT2D eigenvalue weighted by Crippen LogP contribution is 2.45. The normalized spacial score (nSPS) is 36.4. The summed E-state index contributed by atoms with van der Waals surface area (Å²) < 4.78 is 6.25. The van der Waals surface area contributed by atoms with E-state index in [0.717, 1.165) is 11.2 Å². The lowest BCUT2D eigenvalue weighted by Gasteiger charge is -2.43. The number of ether oxygens (including phenoxy) is 1. The Morgan fingerprint density at radius 1 is 1.12 bits per heavy atom. The molecule has 2 saturated carbocycles. The molecule has 0 amide bonds. The van der Waals surface area contributed by atoms with Crippen LogP contribution in [0.3, 0.4) is 0 Å². The molecule has 16 heavy (non-hydrogen) atoms. The zero-order valence-corrected chi connectivity index (χ0v) is 12.5. The quantitative estimate of drug-likeness (QED) is 0.693. The van der Waals surface area contributed by atoms with Crippen LogP contribution in [0.1, 0.15) is 59.3 Å². The summed E-state index contributed by atoms with van der Waals surface area (Å²) >= 11 is 3.67. The van der Waals surface area contributed by atoms with Gasteiger partial charge >= 0.3 is 0 Å². The first-order valence-electron chi connectivity index (χ1n) is 6.69. The summed E-state index contributed by atoms with van der Waals surface area (Å²) in [6.45, 7) is 7.13. The summed E-state index contributed by atoms with van der Waals surface area (Å²) in [5.41, 5.74) is 0.640. The fraction of sp³-hybridized carbons (Fsp3) is 1.00. The van der Waals surface area contributed by atoms with E-state index in [2.05, 4.69) is 36.7 Å². The average Bonchev–Trinajstić information content (AvgIpc) is 3.01. The molecule has 0 aromatic carbocycles. The number of rotatable bonds is 3. The third kappa shape index (κ3) is 3.01. The van der Waals surface area contributed by atoms with E-state index in [4.69, 9.17) is 4.74 Å². The van der Waals surface area contributed by atoms with E-state index in [1.165, 1.54) is 38.5 Å². The zero-order chi connectivity index (χ0) is 11.8. The smallest absolute Gasteiger partial charge is 0.0782 e. The van der Waals surface area contributed by atoms with E-state index >= 15 is 0 Å². The minimum atomic E-state index is 0.170. The van der Waals surface area contributed by atoms with E-state index in [0.29, 0.717) is 11.5 Å². The molecule has 0 heterocycles. The lowest BCUT2D eigenvalue weighted by Crippen LogP contribution is -2.41. The number of hydrogen-bond acceptors (Lipinski definition) is 1. The Morgan fingerprint density at radius 2 is 1.69 bits per heavy atom. The third-order valence-electron chi connectivity index (χ3n) is 4.31. The van der Waals surface area contributed by atoms with Crippen molar-refractivity contribution in [2.24, 2.45) is 11.3 Å². The average molecular weight is 289 g/mol. The topological polar surface area (TPSA) is 9.23 Å². The maximum Gasteiger partial charge on any atom is 0.0782 e. The molecule has 2 rings (SSSR count). The Balaban J connectivity index is 1.90. The monoisotopic (exact) mass is 288 g/mol. The predicted molar refractivity (Wildman–Crippen MR) is 72.0 cm³/mol. The molecule has 2 aliphatic carbocycles. The SMILES string of the molecule is CC(C)(C)C1CCC(CBr)(OC2CC2)CC1. The number of halogens is 1. The highest BCUT2D eigenvalue weighted by atomic mass is 79.9. The van der Waals surface area contributed by atoms with Crippen molar-refractivity contribution in [1.29, 1.82) is 0 Å². The van der Waals surface area contributed by atoms with Crippen LogP contribution in [0.25, 0.3) is 0 Å². The van der Waals surface area contributed by atoms with E-state index in [-0.39, 0.29) is 5.60 Å². The van der Waals surface area contributed by atoms with Crippen LogP contribution in [-0.4, -0.2) is 17.0 Å². The summed E-state index contributed by atoms with van der Waals surface area (Å²) in [6, 6.07) is 0. The molecule has 0 atom stereocenters. The Hall–Kier alpha value is 0.440. The van der Waals surface area contributed by atoms with Crippen LogP contribution < -0.4 is 0 Å². The van der Waals surface area contributed by atoms with Crippen molar-refractivity contribution in [3.05, 3.63) is 0 Å². The minimum Gasteiger partial charge on any atom is -0.371 e. The molecule has 94 valence electrons. The third-order valence-corrected chi connectivity index (χ3v) is 5.33. The van der Waals surface area contributed by atoms with Gasteiger partial charge in [0.1, 0.15) is 0 Å². The van der Waals surface area contributed by atoms with Crippen LogP contribution in [0.4, 0.5) is 0 Å². The Morgan fingerprint density at radius 3 is 2.06 bits per heavy atom. The molecule has 1 nitrogen and oxygen atoms in total. The van der Waals surface area contributed by atoms with Crippen LogP contribution >= 0.6 is 15.9 Å². The maximum absolute atomic E-state index is 6.25. The molecule has 0 saturated heterocycles. The highest BCUT2D eigenvalue weighted by molar-refractivity contribution is 9.09. The van der Waals surface area contributed by atoms with Crippen molar-refractivity contribution in [3.63, 3.8) is 0 Å². The van der Waals surface area contributed by atoms with E-state index in [9.17, 15) is 0 Å². The van der Waals surface area contributed by atoms with Gasteiger partial charge in [0, 0.05) is 5.33 Å². The molecule has 0 bridgehead atoms. The van der Waals surface area contributed by atoms with Gasteiger partial charge in [-0.1, -0.05) is 36.7 Å². The van der Waals surface area contributed by atoms with Crippen molar-refractivity contribution in [2.45, 2.75) is 71.0 Å². The fourth-order valence-corrected chi connectivity index (χ4v) is 3.53. The highest BCUT2D eigenvalue weighted by Gasteiger charge is 2.42. The summed E-state index contributed by atoms with van der Waals surface area (Å²) in [6.07, 6.45) is 8.33. The van der Waals surface area contributed by atoms with Crippen LogP contribution in [0.5, 0.6) is 0 Å². The number of hydrogen-bond donors (Lipinski definition) is 0. The van der Waals surface area contributed by atoms with Gasteiger partial charge in [0.2, 0.25) is 0 Å². The summed E-state index contributed by atoms with van der Waals surface area (Å²) in [5.74, 6) is 0.877. The van der Waals surface area contributed by atoms with Gasteiger partial charge in [-0.2, -0.15) is 0 Å². The van der Waals surface area contributed by atoms with E-state index in [1.54, 1.807) is 0 Å². The second-order valence-corrected chi connectivity index (χ2v) is 7.33. The Labute approximate surface area is 108 Å². The summed E-state index contributed by atoms with van der Waals surface area (Å²) in [4.78, 5) is 0. The molecular formula is C14H25BrO. The van der Waals surface area contributed by atoms with Gasteiger partial charge in [-0.3, -0.25) is 0 Å². The molecular weight excluding hydrogens is 264 g/mol. The Bertz CT molecular complexity index is 232. The molecule has 2 aliphatic rings. The van der Waals surface area contributed by atoms with Crippen LogP contribution in [-0.2, 0) is 4.74 Å². The van der Waals surface area contributed by atoms with Crippen LogP contribution in [0.15, 0.2) is 0 Å². The molecule has 0 aromatic rings. The van der Waals surface area contributed by atoms with Crippen molar-refractivity contribution < 1.29 is 4.74 Å². The molecule has 0 N–H and O–H groups in total. The van der Waals surface area contributed by atoms with Gasteiger partial charge < -0.3 is 4.74 Å². The standard InChI is InChI=1S/C14H25BrO/c1-13(2,3)11-6-8-14(10-15,9-7-11)16-12-4-5-12/h11-12H,4-10H2,1-3H3. The molecule has 0 radical (unpaired) electrons. The lowest BCUT2D eigenvalue weighted by atomic mass is 9.69. The molecule has 0 spiro atoms. The summed E-state index contributed by atoms with van der Waals surface area (Å²) in [7, 11) is 0. The molecule has 0 aliphatic heterocycles. The number of alkyl halides is 1. The van der Waals surface area contributed by atoms with Crippen molar-refractivity contribution in [2.75, 3.05) is 5.33 Å². The van der Waals surface area contributed by atoms with Gasteiger partial charge in [0.05, 0.1) is 11.7 Å². The van der Waals surface area contributed by atoms with Crippen molar-refractivity contribution >= 4 is 15.9 Å². The van der Waals surface area contributed by atoms with Crippen LogP contribution in [0, 0.1) is 11.3 Å². The molecule has 0 aromatic heterocycles. The zero-order valence-electron chi connectivity index (χ0n) is 10.9.